The van der Waals surface area contributed by atoms with Gasteiger partial charge in [-0.25, -0.2) is 0 Å². The number of aromatic nitrogens is 1. The number of rotatable bonds is 2. The van der Waals surface area contributed by atoms with Gasteiger partial charge < -0.3 is 14.6 Å². The van der Waals surface area contributed by atoms with E-state index in [0.29, 0.717) is 17.6 Å². The summed E-state index contributed by atoms with van der Waals surface area (Å²) >= 11 is 0. The SMILES string of the molecule is O=c1cccc2n1C[C@@H]1C[C@H]2C[NH+](Cc2ccc(O)cc2)C1. The summed E-state index contributed by atoms with van der Waals surface area (Å²) in [6, 6.07) is 13.2. The lowest BCUT2D eigenvalue weighted by molar-refractivity contribution is -0.924. The third kappa shape index (κ3) is 2.44. The van der Waals surface area contributed by atoms with E-state index in [1.54, 1.807) is 23.1 Å². The van der Waals surface area contributed by atoms with Crippen molar-refractivity contribution in [2.45, 2.75) is 25.4 Å². The maximum Gasteiger partial charge on any atom is 0.250 e. The van der Waals surface area contributed by atoms with Crippen LogP contribution in [0.2, 0.25) is 0 Å². The van der Waals surface area contributed by atoms with Crippen LogP contribution < -0.4 is 10.5 Å². The molecule has 3 heterocycles. The zero-order valence-electron chi connectivity index (χ0n) is 12.5. The number of hydrogen-bond donors (Lipinski definition) is 2. The van der Waals surface area contributed by atoms with Gasteiger partial charge in [0.15, 0.2) is 0 Å². The fourth-order valence-electron chi connectivity index (χ4n) is 4.17. The Morgan fingerprint density at radius 1 is 1.14 bits per heavy atom. The number of benzene rings is 1. The summed E-state index contributed by atoms with van der Waals surface area (Å²) in [5.74, 6) is 1.41. The number of pyridine rings is 1. The van der Waals surface area contributed by atoms with Gasteiger partial charge in [0.2, 0.25) is 0 Å². The quantitative estimate of drug-likeness (QED) is 0.859. The summed E-state index contributed by atoms with van der Waals surface area (Å²) in [6.07, 6.45) is 1.21. The van der Waals surface area contributed by atoms with Crippen LogP contribution in [0.4, 0.5) is 0 Å². The lowest BCUT2D eigenvalue weighted by atomic mass is 9.83. The Bertz CT molecular complexity index is 735. The van der Waals surface area contributed by atoms with Crippen molar-refractivity contribution in [3.8, 4) is 5.75 Å². The normalized spacial score (nSPS) is 26.5. The molecule has 1 saturated heterocycles. The van der Waals surface area contributed by atoms with Gasteiger partial charge in [0.25, 0.3) is 5.56 Å². The number of phenolic OH excluding ortho intramolecular Hbond substituents is 1. The van der Waals surface area contributed by atoms with Crippen molar-refractivity contribution in [2.24, 2.45) is 5.92 Å². The topological polar surface area (TPSA) is 46.7 Å². The molecule has 114 valence electrons. The molecule has 0 spiro atoms. The van der Waals surface area contributed by atoms with E-state index in [9.17, 15) is 9.90 Å². The van der Waals surface area contributed by atoms with Gasteiger partial charge >= 0.3 is 0 Å². The minimum atomic E-state index is 0.147. The standard InChI is InChI=1S/C18H20N2O2/c21-16-6-4-13(5-7-16)9-19-10-14-8-15(12-19)17-2-1-3-18(22)20(17)11-14/h1-7,14-15,21H,8-12H2/p+1/t14-,15+/m1/s1. The van der Waals surface area contributed by atoms with Gasteiger partial charge in [-0.05, 0) is 36.8 Å². The van der Waals surface area contributed by atoms with Crippen molar-refractivity contribution < 1.29 is 10.0 Å². The van der Waals surface area contributed by atoms with E-state index in [0.717, 1.165) is 26.2 Å². The molecule has 1 unspecified atom stereocenters. The van der Waals surface area contributed by atoms with Gasteiger partial charge in [-0.15, -0.1) is 0 Å². The highest BCUT2D eigenvalue weighted by molar-refractivity contribution is 5.25. The summed E-state index contributed by atoms with van der Waals surface area (Å²) in [5, 5.41) is 9.39. The number of aromatic hydroxyl groups is 1. The highest BCUT2D eigenvalue weighted by Crippen LogP contribution is 2.30. The van der Waals surface area contributed by atoms with E-state index in [-0.39, 0.29) is 5.56 Å². The number of quaternary nitrogens is 1. The third-order valence-electron chi connectivity index (χ3n) is 5.06. The molecule has 3 atom stereocenters. The molecule has 22 heavy (non-hydrogen) atoms. The molecule has 1 fully saturated rings. The predicted octanol–water partition coefficient (Wildman–Crippen LogP) is 0.756. The fourth-order valence-corrected chi connectivity index (χ4v) is 4.17. The van der Waals surface area contributed by atoms with Crippen molar-refractivity contribution in [2.75, 3.05) is 13.1 Å². The second-order valence-electron chi connectivity index (χ2n) is 6.70. The van der Waals surface area contributed by atoms with Crippen LogP contribution in [0.1, 0.15) is 23.6 Å². The number of nitrogens with one attached hydrogen (secondary N) is 1. The lowest BCUT2D eigenvalue weighted by Gasteiger charge is -2.40. The molecule has 0 amide bonds. The lowest BCUT2D eigenvalue weighted by Crippen LogP contribution is -3.13. The average Bonchev–Trinajstić information content (AvgIpc) is 2.51. The van der Waals surface area contributed by atoms with Crippen molar-refractivity contribution in [3.63, 3.8) is 0 Å². The van der Waals surface area contributed by atoms with Gasteiger partial charge in [0.05, 0.1) is 13.1 Å². The highest BCUT2D eigenvalue weighted by atomic mass is 16.3. The first-order valence-electron chi connectivity index (χ1n) is 8.00. The highest BCUT2D eigenvalue weighted by Gasteiger charge is 2.36. The van der Waals surface area contributed by atoms with Crippen LogP contribution in [0, 0.1) is 5.92 Å². The summed E-state index contributed by atoms with van der Waals surface area (Å²) in [6.45, 7) is 4.06. The molecule has 1 aromatic heterocycles. The van der Waals surface area contributed by atoms with E-state index < -0.39 is 0 Å². The van der Waals surface area contributed by atoms with E-state index >= 15 is 0 Å². The number of phenols is 1. The minimum Gasteiger partial charge on any atom is -0.508 e. The first kappa shape index (κ1) is 13.6. The first-order valence-corrected chi connectivity index (χ1v) is 8.00. The van der Waals surface area contributed by atoms with E-state index in [1.165, 1.54) is 17.7 Å². The monoisotopic (exact) mass is 297 g/mol. The van der Waals surface area contributed by atoms with Crippen LogP contribution in [0.5, 0.6) is 5.75 Å². The van der Waals surface area contributed by atoms with Crippen LogP contribution in [0.15, 0.2) is 47.3 Å². The summed E-state index contributed by atoms with van der Waals surface area (Å²) in [4.78, 5) is 13.6. The van der Waals surface area contributed by atoms with Gasteiger partial charge in [-0.2, -0.15) is 0 Å². The molecule has 1 aromatic carbocycles. The fraction of sp³-hybridized carbons (Fsp3) is 0.389. The molecule has 4 rings (SSSR count). The maximum absolute atomic E-state index is 12.0. The molecule has 2 bridgehead atoms. The van der Waals surface area contributed by atoms with Crippen molar-refractivity contribution in [1.29, 1.82) is 0 Å². The van der Waals surface area contributed by atoms with Gasteiger partial charge in [0.1, 0.15) is 12.3 Å². The van der Waals surface area contributed by atoms with Gasteiger partial charge in [-0.1, -0.05) is 6.07 Å². The van der Waals surface area contributed by atoms with E-state index in [2.05, 4.69) is 6.07 Å². The van der Waals surface area contributed by atoms with Crippen LogP contribution in [0.25, 0.3) is 0 Å². The van der Waals surface area contributed by atoms with Crippen LogP contribution in [0.3, 0.4) is 0 Å². The van der Waals surface area contributed by atoms with Crippen molar-refractivity contribution in [3.05, 3.63) is 64.1 Å². The smallest absolute Gasteiger partial charge is 0.250 e. The predicted molar refractivity (Wildman–Crippen MR) is 84.1 cm³/mol. The summed E-state index contributed by atoms with van der Waals surface area (Å²) in [5.41, 5.74) is 2.62. The van der Waals surface area contributed by atoms with Gasteiger partial charge in [-0.3, -0.25) is 4.79 Å². The molecule has 2 aliphatic rings. The maximum atomic E-state index is 12.0. The largest absolute Gasteiger partial charge is 0.508 e. The zero-order valence-corrected chi connectivity index (χ0v) is 12.5. The average molecular weight is 297 g/mol. The molecule has 4 nitrogen and oxygen atoms in total. The number of fused-ring (bicyclic) bond motifs is 4. The molecule has 0 aliphatic carbocycles. The molecule has 2 aliphatic heterocycles. The number of nitrogens with zero attached hydrogens (tertiary/aromatic N) is 1. The first-order chi connectivity index (χ1) is 10.7. The second kappa shape index (κ2) is 5.29. The van der Waals surface area contributed by atoms with Gasteiger partial charge in [0, 0.05) is 35.7 Å². The van der Waals surface area contributed by atoms with E-state index in [4.69, 9.17) is 0 Å². The van der Waals surface area contributed by atoms with Crippen LogP contribution in [-0.2, 0) is 13.1 Å². The molecule has 4 heteroatoms. The second-order valence-corrected chi connectivity index (χ2v) is 6.70. The van der Waals surface area contributed by atoms with Crippen molar-refractivity contribution in [1.82, 2.24) is 4.57 Å². The Morgan fingerprint density at radius 3 is 2.77 bits per heavy atom. The Kier molecular flexibility index (Phi) is 3.26. The summed E-state index contributed by atoms with van der Waals surface area (Å²) in [7, 11) is 0. The number of likely N-dealkylation sites (tertiary alicyclic amines) is 1. The molecular formula is C18H21N2O2+. The number of hydrogen-bond acceptors (Lipinski definition) is 2. The van der Waals surface area contributed by atoms with E-state index in [1.807, 2.05) is 22.8 Å². The minimum absolute atomic E-state index is 0.147. The zero-order chi connectivity index (χ0) is 15.1. The molecule has 2 N–H and O–H groups in total. The third-order valence-corrected chi connectivity index (χ3v) is 5.06. The van der Waals surface area contributed by atoms with Crippen LogP contribution >= 0.6 is 0 Å². The Hall–Kier alpha value is -2.07. The van der Waals surface area contributed by atoms with Crippen molar-refractivity contribution >= 4 is 0 Å². The number of piperidine rings is 1. The van der Waals surface area contributed by atoms with Crippen LogP contribution in [-0.4, -0.2) is 22.8 Å². The Morgan fingerprint density at radius 2 is 1.95 bits per heavy atom. The molecule has 2 aromatic rings. The molecular weight excluding hydrogens is 276 g/mol. The molecule has 0 radical (unpaired) electrons. The summed E-state index contributed by atoms with van der Waals surface area (Å²) < 4.78 is 1.98. The Balaban J connectivity index is 1.56. The molecule has 0 saturated carbocycles. The Labute approximate surface area is 129 Å².